The lowest BCUT2D eigenvalue weighted by atomic mass is 9.73. The molecule has 1 aliphatic carbocycles. The second kappa shape index (κ2) is 2.50. The lowest BCUT2D eigenvalue weighted by Gasteiger charge is -2.30. The average Bonchev–Trinajstić information content (AvgIpc) is 2.45. The first-order chi connectivity index (χ1) is 5.29. The van der Waals surface area contributed by atoms with Gasteiger partial charge in [-0.2, -0.15) is 0 Å². The lowest BCUT2D eigenvalue weighted by Crippen LogP contribution is -2.31. The number of rotatable bonds is 0. The summed E-state index contributed by atoms with van der Waals surface area (Å²) >= 11 is 0. The van der Waals surface area contributed by atoms with Gasteiger partial charge in [-0.05, 0) is 24.7 Å². The highest BCUT2D eigenvalue weighted by molar-refractivity contribution is 5.88. The highest BCUT2D eigenvalue weighted by Gasteiger charge is 2.35. The maximum Gasteiger partial charge on any atom is 0.125 e. The molecule has 2 nitrogen and oxygen atoms in total. The van der Waals surface area contributed by atoms with Gasteiger partial charge in [-0.3, -0.25) is 0 Å². The van der Waals surface area contributed by atoms with E-state index in [1.807, 2.05) is 0 Å². The van der Waals surface area contributed by atoms with Gasteiger partial charge in [0.15, 0.2) is 0 Å². The van der Waals surface area contributed by atoms with Crippen molar-refractivity contribution in [2.75, 3.05) is 6.61 Å². The van der Waals surface area contributed by atoms with Crippen molar-refractivity contribution in [1.82, 2.24) is 0 Å². The van der Waals surface area contributed by atoms with Crippen molar-refractivity contribution in [3.8, 4) is 0 Å². The third-order valence-electron chi connectivity index (χ3n) is 3.25. The fourth-order valence-electron chi connectivity index (χ4n) is 2.09. The Morgan fingerprint density at radius 2 is 2.27 bits per heavy atom. The first kappa shape index (κ1) is 7.14. The van der Waals surface area contributed by atoms with E-state index in [-0.39, 0.29) is 0 Å². The minimum Gasteiger partial charge on any atom is -0.395 e. The molecule has 0 amide bonds. The minimum atomic E-state index is 0.638. The second-order valence-corrected chi connectivity index (χ2v) is 3.86. The SMILES string of the molecule is C[C@H]1CCC2=NOCC2[C@@H]1C. The Kier molecular flexibility index (Phi) is 1.63. The van der Waals surface area contributed by atoms with Gasteiger partial charge in [0.05, 0.1) is 5.71 Å². The first-order valence-corrected chi connectivity index (χ1v) is 4.47. The quantitative estimate of drug-likeness (QED) is 0.522. The van der Waals surface area contributed by atoms with Gasteiger partial charge in [0.2, 0.25) is 0 Å². The molecule has 1 fully saturated rings. The van der Waals surface area contributed by atoms with Crippen molar-refractivity contribution in [3.05, 3.63) is 0 Å². The molecule has 2 heteroatoms. The Labute approximate surface area is 67.6 Å². The van der Waals surface area contributed by atoms with Crippen LogP contribution in [0.2, 0.25) is 0 Å². The van der Waals surface area contributed by atoms with Crippen LogP contribution in [-0.2, 0) is 4.84 Å². The van der Waals surface area contributed by atoms with E-state index in [0.717, 1.165) is 24.9 Å². The molecule has 0 aromatic heterocycles. The average molecular weight is 153 g/mol. The molecule has 2 aliphatic rings. The predicted octanol–water partition coefficient (Wildman–Crippen LogP) is 2.05. The Bertz CT molecular complexity index is 188. The van der Waals surface area contributed by atoms with Crippen molar-refractivity contribution in [2.45, 2.75) is 26.7 Å². The highest BCUT2D eigenvalue weighted by atomic mass is 16.6. The van der Waals surface area contributed by atoms with Crippen LogP contribution in [0.5, 0.6) is 0 Å². The molecule has 11 heavy (non-hydrogen) atoms. The van der Waals surface area contributed by atoms with E-state index in [1.54, 1.807) is 0 Å². The van der Waals surface area contributed by atoms with Gasteiger partial charge in [0.25, 0.3) is 0 Å². The second-order valence-electron chi connectivity index (χ2n) is 3.86. The van der Waals surface area contributed by atoms with E-state index in [1.165, 1.54) is 12.1 Å². The molecule has 0 aromatic rings. The molecular formula is C9H15NO. The van der Waals surface area contributed by atoms with Gasteiger partial charge in [0, 0.05) is 5.92 Å². The smallest absolute Gasteiger partial charge is 0.125 e. The van der Waals surface area contributed by atoms with Crippen LogP contribution in [0.3, 0.4) is 0 Å². The molecule has 0 radical (unpaired) electrons. The van der Waals surface area contributed by atoms with Crippen LogP contribution < -0.4 is 0 Å². The summed E-state index contributed by atoms with van der Waals surface area (Å²) < 4.78 is 0. The summed E-state index contributed by atoms with van der Waals surface area (Å²) in [6.07, 6.45) is 2.45. The summed E-state index contributed by atoms with van der Waals surface area (Å²) in [6.45, 7) is 5.49. The van der Waals surface area contributed by atoms with E-state index in [9.17, 15) is 0 Å². The van der Waals surface area contributed by atoms with Crippen molar-refractivity contribution in [1.29, 1.82) is 0 Å². The molecule has 1 heterocycles. The van der Waals surface area contributed by atoms with E-state index < -0.39 is 0 Å². The fraction of sp³-hybridized carbons (Fsp3) is 0.889. The topological polar surface area (TPSA) is 21.6 Å². The largest absolute Gasteiger partial charge is 0.395 e. The third kappa shape index (κ3) is 1.05. The van der Waals surface area contributed by atoms with Crippen LogP contribution in [0.4, 0.5) is 0 Å². The predicted molar refractivity (Wildman–Crippen MR) is 44.4 cm³/mol. The van der Waals surface area contributed by atoms with E-state index in [4.69, 9.17) is 4.84 Å². The van der Waals surface area contributed by atoms with Gasteiger partial charge in [-0.25, -0.2) is 0 Å². The molecule has 2 rings (SSSR count). The summed E-state index contributed by atoms with van der Waals surface area (Å²) in [5, 5.41) is 4.06. The van der Waals surface area contributed by atoms with Crippen molar-refractivity contribution < 1.29 is 4.84 Å². The van der Waals surface area contributed by atoms with Crippen LogP contribution in [0.25, 0.3) is 0 Å². The highest BCUT2D eigenvalue weighted by Crippen LogP contribution is 2.35. The summed E-state index contributed by atoms with van der Waals surface area (Å²) in [5.74, 6) is 2.25. The number of oxime groups is 1. The van der Waals surface area contributed by atoms with Crippen LogP contribution in [0.15, 0.2) is 5.16 Å². The van der Waals surface area contributed by atoms with E-state index in [0.29, 0.717) is 5.92 Å². The van der Waals surface area contributed by atoms with E-state index in [2.05, 4.69) is 19.0 Å². The zero-order chi connectivity index (χ0) is 7.84. The maximum absolute atomic E-state index is 5.10. The molecule has 0 saturated heterocycles. The summed E-state index contributed by atoms with van der Waals surface area (Å²) in [4.78, 5) is 5.10. The molecule has 1 unspecified atom stereocenters. The number of fused-ring (bicyclic) bond motifs is 1. The summed E-state index contributed by atoms with van der Waals surface area (Å²) in [7, 11) is 0. The van der Waals surface area contributed by atoms with Crippen LogP contribution in [0.1, 0.15) is 26.7 Å². The molecular weight excluding hydrogens is 138 g/mol. The van der Waals surface area contributed by atoms with Gasteiger partial charge in [0.1, 0.15) is 6.61 Å². The number of hydrogen-bond acceptors (Lipinski definition) is 2. The first-order valence-electron chi connectivity index (χ1n) is 4.47. The van der Waals surface area contributed by atoms with Crippen LogP contribution in [0, 0.1) is 17.8 Å². The molecule has 62 valence electrons. The van der Waals surface area contributed by atoms with Crippen molar-refractivity contribution in [3.63, 3.8) is 0 Å². The monoisotopic (exact) mass is 153 g/mol. The maximum atomic E-state index is 5.10. The molecule has 0 spiro atoms. The normalized spacial score (nSPS) is 42.7. The van der Waals surface area contributed by atoms with Crippen LogP contribution in [-0.4, -0.2) is 12.3 Å². The van der Waals surface area contributed by atoms with Gasteiger partial charge < -0.3 is 4.84 Å². The summed E-state index contributed by atoms with van der Waals surface area (Å²) in [5.41, 5.74) is 1.32. The van der Waals surface area contributed by atoms with E-state index >= 15 is 0 Å². The molecule has 3 atom stereocenters. The standard InChI is InChI=1S/C9H15NO/c1-6-3-4-9-8(7(6)2)5-11-10-9/h6-8H,3-5H2,1-2H3/t6-,7+,8?/m0/s1. The molecule has 1 aliphatic heterocycles. The minimum absolute atomic E-state index is 0.638. The van der Waals surface area contributed by atoms with Gasteiger partial charge in [-0.1, -0.05) is 19.0 Å². The molecule has 0 aromatic carbocycles. The molecule has 0 bridgehead atoms. The number of hydrogen-bond donors (Lipinski definition) is 0. The van der Waals surface area contributed by atoms with Crippen molar-refractivity contribution in [2.24, 2.45) is 22.9 Å². The summed E-state index contributed by atoms with van der Waals surface area (Å²) in [6, 6.07) is 0. The Balaban J connectivity index is 2.14. The third-order valence-corrected chi connectivity index (χ3v) is 3.25. The zero-order valence-corrected chi connectivity index (χ0v) is 7.21. The Morgan fingerprint density at radius 1 is 1.45 bits per heavy atom. The van der Waals surface area contributed by atoms with Crippen LogP contribution >= 0.6 is 0 Å². The Hall–Kier alpha value is -0.530. The van der Waals surface area contributed by atoms with Gasteiger partial charge in [-0.15, -0.1) is 0 Å². The van der Waals surface area contributed by atoms with Crippen molar-refractivity contribution >= 4 is 5.71 Å². The van der Waals surface area contributed by atoms with Gasteiger partial charge >= 0.3 is 0 Å². The zero-order valence-electron chi connectivity index (χ0n) is 7.21. The molecule has 1 saturated carbocycles. The lowest BCUT2D eigenvalue weighted by molar-refractivity contribution is 0.129. The fourth-order valence-corrected chi connectivity index (χ4v) is 2.09. The molecule has 0 N–H and O–H groups in total. The number of nitrogens with zero attached hydrogens (tertiary/aromatic N) is 1. The Morgan fingerprint density at radius 3 is 3.09 bits per heavy atom.